The van der Waals surface area contributed by atoms with E-state index in [1.807, 2.05) is 6.92 Å². The first-order chi connectivity index (χ1) is 9.59. The second-order valence-corrected chi connectivity index (χ2v) is 5.91. The van der Waals surface area contributed by atoms with Crippen molar-refractivity contribution in [3.8, 4) is 0 Å². The van der Waals surface area contributed by atoms with Gasteiger partial charge in [0, 0.05) is 19.0 Å². The average molecular weight is 301 g/mol. The first-order valence-electron chi connectivity index (χ1n) is 6.76. The van der Waals surface area contributed by atoms with Gasteiger partial charge in [-0.2, -0.15) is 13.2 Å². The fourth-order valence-corrected chi connectivity index (χ4v) is 2.47. The predicted molar refractivity (Wildman–Crippen MR) is 71.5 cm³/mol. The zero-order valence-electron chi connectivity index (χ0n) is 11.9. The van der Waals surface area contributed by atoms with Crippen molar-refractivity contribution in [3.05, 3.63) is 35.4 Å². The monoisotopic (exact) mass is 301 g/mol. The lowest BCUT2D eigenvalue weighted by Gasteiger charge is -2.20. The molecule has 2 atom stereocenters. The summed E-state index contributed by atoms with van der Waals surface area (Å²) >= 11 is 0. The number of nitrogens with zero attached hydrogens (tertiary/aromatic N) is 1. The number of rotatable bonds is 2. The van der Waals surface area contributed by atoms with Crippen molar-refractivity contribution in [2.24, 2.45) is 5.92 Å². The molecule has 2 unspecified atom stereocenters. The maximum absolute atomic E-state index is 12.6. The minimum Gasteiger partial charge on any atom is -0.388 e. The zero-order valence-corrected chi connectivity index (χ0v) is 11.9. The molecule has 1 aliphatic heterocycles. The van der Waals surface area contributed by atoms with Gasteiger partial charge < -0.3 is 10.0 Å². The lowest BCUT2D eigenvalue weighted by molar-refractivity contribution is -0.138. The van der Waals surface area contributed by atoms with Gasteiger partial charge >= 0.3 is 6.18 Å². The lowest BCUT2D eigenvalue weighted by atomic mass is 9.95. The molecule has 1 N–H and O–H groups in total. The predicted octanol–water partition coefficient (Wildman–Crippen LogP) is 2.48. The smallest absolute Gasteiger partial charge is 0.388 e. The highest BCUT2D eigenvalue weighted by molar-refractivity contribution is 5.79. The molecule has 0 saturated carbocycles. The summed E-state index contributed by atoms with van der Waals surface area (Å²) in [4.78, 5) is 13.6. The summed E-state index contributed by atoms with van der Waals surface area (Å²) in [6.07, 6.45) is -4.50. The highest BCUT2D eigenvalue weighted by atomic mass is 19.4. The zero-order chi connectivity index (χ0) is 15.8. The molecule has 0 aromatic heterocycles. The number of carbonyl (C=O) groups excluding carboxylic acids is 1. The largest absolute Gasteiger partial charge is 0.416 e. The first kappa shape index (κ1) is 15.8. The molecule has 1 heterocycles. The summed E-state index contributed by atoms with van der Waals surface area (Å²) in [5, 5.41) is 10.1. The van der Waals surface area contributed by atoms with E-state index in [1.165, 1.54) is 17.0 Å². The first-order valence-corrected chi connectivity index (χ1v) is 6.76. The van der Waals surface area contributed by atoms with Gasteiger partial charge in [-0.15, -0.1) is 0 Å². The van der Waals surface area contributed by atoms with Gasteiger partial charge in [0.15, 0.2) is 0 Å². The molecule has 3 nitrogen and oxygen atoms in total. The van der Waals surface area contributed by atoms with E-state index in [0.717, 1.165) is 12.1 Å². The minimum absolute atomic E-state index is 0.0528. The van der Waals surface area contributed by atoms with Crippen molar-refractivity contribution in [2.45, 2.75) is 32.0 Å². The van der Waals surface area contributed by atoms with Gasteiger partial charge in [0.25, 0.3) is 0 Å². The Hall–Kier alpha value is -1.56. The van der Waals surface area contributed by atoms with Crippen LogP contribution in [0.15, 0.2) is 24.3 Å². The van der Waals surface area contributed by atoms with Crippen LogP contribution in [-0.4, -0.2) is 34.6 Å². The SMILES string of the molecule is CC1CN(C(=O)Cc2cccc(C(F)(F)F)c2)CC1(C)O. The van der Waals surface area contributed by atoms with Crippen LogP contribution in [0.2, 0.25) is 0 Å². The van der Waals surface area contributed by atoms with Gasteiger partial charge in [0.1, 0.15) is 0 Å². The van der Waals surface area contributed by atoms with Crippen LogP contribution >= 0.6 is 0 Å². The van der Waals surface area contributed by atoms with E-state index < -0.39 is 17.3 Å². The van der Waals surface area contributed by atoms with E-state index in [1.54, 1.807) is 6.92 Å². The van der Waals surface area contributed by atoms with Crippen molar-refractivity contribution in [1.29, 1.82) is 0 Å². The Morgan fingerprint density at radius 3 is 2.67 bits per heavy atom. The molecular weight excluding hydrogens is 283 g/mol. The number of hydrogen-bond donors (Lipinski definition) is 1. The van der Waals surface area contributed by atoms with Gasteiger partial charge in [0.05, 0.1) is 17.6 Å². The summed E-state index contributed by atoms with van der Waals surface area (Å²) in [5.41, 5.74) is -1.37. The summed E-state index contributed by atoms with van der Waals surface area (Å²) in [6.45, 7) is 4.14. The molecule has 1 aliphatic rings. The molecule has 116 valence electrons. The Morgan fingerprint density at radius 1 is 1.48 bits per heavy atom. The molecule has 0 bridgehead atoms. The molecule has 2 rings (SSSR count). The average Bonchev–Trinajstić information content (AvgIpc) is 2.63. The Balaban J connectivity index is 2.07. The minimum atomic E-state index is -4.41. The fourth-order valence-electron chi connectivity index (χ4n) is 2.47. The summed E-state index contributed by atoms with van der Waals surface area (Å²) in [7, 11) is 0. The second-order valence-electron chi connectivity index (χ2n) is 5.91. The summed E-state index contributed by atoms with van der Waals surface area (Å²) < 4.78 is 37.9. The van der Waals surface area contributed by atoms with Crippen molar-refractivity contribution in [1.82, 2.24) is 4.90 Å². The standard InChI is InChI=1S/C15H18F3NO2/c1-10-8-19(9-14(10,2)21)13(20)7-11-4-3-5-12(6-11)15(16,17)18/h3-6,10,21H,7-9H2,1-2H3. The highest BCUT2D eigenvalue weighted by Gasteiger charge is 2.40. The lowest BCUT2D eigenvalue weighted by Crippen LogP contribution is -2.35. The Morgan fingerprint density at radius 2 is 2.14 bits per heavy atom. The molecule has 1 aromatic carbocycles. The second kappa shape index (κ2) is 5.33. The molecule has 0 radical (unpaired) electrons. The highest BCUT2D eigenvalue weighted by Crippen LogP contribution is 2.30. The molecule has 6 heteroatoms. The Labute approximate surface area is 121 Å². The van der Waals surface area contributed by atoms with E-state index in [4.69, 9.17) is 0 Å². The maximum atomic E-state index is 12.6. The number of carbonyl (C=O) groups is 1. The van der Waals surface area contributed by atoms with Gasteiger partial charge in [0.2, 0.25) is 5.91 Å². The summed E-state index contributed by atoms with van der Waals surface area (Å²) in [6, 6.07) is 4.78. The van der Waals surface area contributed by atoms with Crippen LogP contribution in [-0.2, 0) is 17.4 Å². The van der Waals surface area contributed by atoms with Crippen molar-refractivity contribution >= 4 is 5.91 Å². The number of benzene rings is 1. The van der Waals surface area contributed by atoms with Crippen LogP contribution in [0.25, 0.3) is 0 Å². The maximum Gasteiger partial charge on any atom is 0.416 e. The third-order valence-corrected chi connectivity index (χ3v) is 4.03. The van der Waals surface area contributed by atoms with Crippen molar-refractivity contribution < 1.29 is 23.1 Å². The molecule has 1 amide bonds. The van der Waals surface area contributed by atoms with E-state index >= 15 is 0 Å². The molecule has 0 aliphatic carbocycles. The third kappa shape index (κ3) is 3.56. The molecule has 21 heavy (non-hydrogen) atoms. The van der Waals surface area contributed by atoms with Crippen LogP contribution in [0.3, 0.4) is 0 Å². The van der Waals surface area contributed by atoms with Crippen molar-refractivity contribution in [3.63, 3.8) is 0 Å². The van der Waals surface area contributed by atoms with Crippen molar-refractivity contribution in [2.75, 3.05) is 13.1 Å². The molecule has 1 fully saturated rings. The Bertz CT molecular complexity index is 540. The van der Waals surface area contributed by atoms with Crippen LogP contribution in [0.4, 0.5) is 13.2 Å². The number of β-amino-alcohol motifs (C(OH)–C–C–N with tert-alkyl or cyclic N) is 1. The van der Waals surface area contributed by atoms with Gasteiger partial charge in [-0.3, -0.25) is 4.79 Å². The summed E-state index contributed by atoms with van der Waals surface area (Å²) in [5.74, 6) is -0.318. The fraction of sp³-hybridized carbons (Fsp3) is 0.533. The van der Waals surface area contributed by atoms with E-state index in [2.05, 4.69) is 0 Å². The molecular formula is C15H18F3NO2. The number of halogens is 3. The van der Waals surface area contributed by atoms with Gasteiger partial charge in [-0.1, -0.05) is 25.1 Å². The van der Waals surface area contributed by atoms with Crippen LogP contribution in [0.5, 0.6) is 0 Å². The number of amides is 1. The topological polar surface area (TPSA) is 40.5 Å². The number of likely N-dealkylation sites (tertiary alicyclic amines) is 1. The van der Waals surface area contributed by atoms with Gasteiger partial charge in [-0.25, -0.2) is 0 Å². The quantitative estimate of drug-likeness (QED) is 0.911. The van der Waals surface area contributed by atoms with E-state index in [-0.39, 0.29) is 24.8 Å². The number of hydrogen-bond acceptors (Lipinski definition) is 2. The molecule has 1 saturated heterocycles. The number of alkyl halides is 3. The van der Waals surface area contributed by atoms with Crippen LogP contribution in [0, 0.1) is 5.92 Å². The molecule has 0 spiro atoms. The molecule has 1 aromatic rings. The van der Waals surface area contributed by atoms with E-state index in [0.29, 0.717) is 12.1 Å². The van der Waals surface area contributed by atoms with E-state index in [9.17, 15) is 23.1 Å². The van der Waals surface area contributed by atoms with Gasteiger partial charge in [-0.05, 0) is 18.6 Å². The number of aliphatic hydroxyl groups is 1. The van der Waals surface area contributed by atoms with Crippen LogP contribution in [0.1, 0.15) is 25.0 Å². The normalized spacial score (nSPS) is 26.2. The third-order valence-electron chi connectivity index (χ3n) is 4.03. The Kier molecular flexibility index (Phi) is 4.02. The van der Waals surface area contributed by atoms with Crippen LogP contribution < -0.4 is 0 Å².